The van der Waals surface area contributed by atoms with Crippen molar-refractivity contribution in [2.45, 2.75) is 20.8 Å². The maximum absolute atomic E-state index is 12.9. The number of amides is 1. The van der Waals surface area contributed by atoms with Gasteiger partial charge in [0.2, 0.25) is 5.75 Å². The molecule has 1 N–H and O–H groups in total. The van der Waals surface area contributed by atoms with Crippen LogP contribution in [0.5, 0.6) is 23.0 Å². The minimum Gasteiger partial charge on any atom is -0.495 e. The van der Waals surface area contributed by atoms with E-state index in [1.807, 2.05) is 0 Å². The number of nitrogens with zero attached hydrogens (tertiary/aromatic N) is 1. The number of methoxy groups -OCH3 is 1. The van der Waals surface area contributed by atoms with E-state index in [9.17, 15) is 19.2 Å². The lowest BCUT2D eigenvalue weighted by Gasteiger charge is -2.14. The molecule has 2 aromatic carbocycles. The standard InChI is InChI=1S/C21H17ClN2O8S/c1-9(25)30-16-5-12(6-17(31-10(2)26)19(16)32-11(3)27)20(28)24-21-23-14-8-15(29-4)13(22)7-18(14)33-21/h5-8H,1-4H3,(H,23,24,28). The van der Waals surface area contributed by atoms with Gasteiger partial charge in [-0.3, -0.25) is 24.5 Å². The summed E-state index contributed by atoms with van der Waals surface area (Å²) in [6.07, 6.45) is 0. The van der Waals surface area contributed by atoms with Gasteiger partial charge in [-0.05, 0) is 18.2 Å². The molecule has 12 heteroatoms. The summed E-state index contributed by atoms with van der Waals surface area (Å²) in [7, 11) is 1.48. The highest BCUT2D eigenvalue weighted by Gasteiger charge is 2.23. The summed E-state index contributed by atoms with van der Waals surface area (Å²) in [6, 6.07) is 5.65. The summed E-state index contributed by atoms with van der Waals surface area (Å²) in [5, 5.41) is 3.27. The zero-order chi connectivity index (χ0) is 24.3. The van der Waals surface area contributed by atoms with Crippen LogP contribution in [0.1, 0.15) is 31.1 Å². The third-order valence-electron chi connectivity index (χ3n) is 3.92. The van der Waals surface area contributed by atoms with Gasteiger partial charge >= 0.3 is 17.9 Å². The van der Waals surface area contributed by atoms with Crippen LogP contribution in [0.3, 0.4) is 0 Å². The van der Waals surface area contributed by atoms with Crippen molar-refractivity contribution in [2.24, 2.45) is 0 Å². The number of hydrogen-bond donors (Lipinski definition) is 1. The van der Waals surface area contributed by atoms with Crippen molar-refractivity contribution in [3.05, 3.63) is 34.9 Å². The zero-order valence-corrected chi connectivity index (χ0v) is 19.4. The number of carbonyl (C=O) groups is 4. The molecule has 0 aliphatic carbocycles. The molecule has 1 aromatic heterocycles. The smallest absolute Gasteiger partial charge is 0.308 e. The number of anilines is 1. The second kappa shape index (κ2) is 9.84. The monoisotopic (exact) mass is 492 g/mol. The van der Waals surface area contributed by atoms with E-state index >= 15 is 0 Å². The molecule has 3 rings (SSSR count). The molecular weight excluding hydrogens is 476 g/mol. The van der Waals surface area contributed by atoms with Crippen LogP contribution in [0, 0.1) is 0 Å². The first kappa shape index (κ1) is 24.0. The van der Waals surface area contributed by atoms with Crippen LogP contribution < -0.4 is 24.3 Å². The molecule has 33 heavy (non-hydrogen) atoms. The summed E-state index contributed by atoms with van der Waals surface area (Å²) in [6.45, 7) is 3.36. The van der Waals surface area contributed by atoms with E-state index in [2.05, 4.69) is 10.3 Å². The van der Waals surface area contributed by atoms with Crippen molar-refractivity contribution >= 4 is 62.1 Å². The van der Waals surface area contributed by atoms with Crippen LogP contribution in [0.15, 0.2) is 24.3 Å². The predicted molar refractivity (Wildman–Crippen MR) is 120 cm³/mol. The molecule has 0 fully saturated rings. The van der Waals surface area contributed by atoms with Crippen molar-refractivity contribution in [1.82, 2.24) is 4.98 Å². The molecule has 0 spiro atoms. The largest absolute Gasteiger partial charge is 0.495 e. The highest BCUT2D eigenvalue weighted by molar-refractivity contribution is 7.22. The Kier molecular flexibility index (Phi) is 7.14. The van der Waals surface area contributed by atoms with Gasteiger partial charge in [-0.2, -0.15) is 0 Å². The molecule has 3 aromatic rings. The normalized spacial score (nSPS) is 10.5. The number of aromatic nitrogens is 1. The van der Waals surface area contributed by atoms with Gasteiger partial charge in [0, 0.05) is 32.4 Å². The summed E-state index contributed by atoms with van der Waals surface area (Å²) < 4.78 is 21.1. The van der Waals surface area contributed by atoms with Gasteiger partial charge < -0.3 is 18.9 Å². The van der Waals surface area contributed by atoms with E-state index < -0.39 is 23.8 Å². The number of benzene rings is 2. The minimum absolute atomic E-state index is 0.0479. The molecule has 0 aliphatic heterocycles. The number of ether oxygens (including phenoxy) is 4. The van der Waals surface area contributed by atoms with Crippen molar-refractivity contribution < 1.29 is 38.1 Å². The van der Waals surface area contributed by atoms with Crippen molar-refractivity contribution in [3.8, 4) is 23.0 Å². The Morgan fingerprint density at radius 1 is 0.879 bits per heavy atom. The fourth-order valence-corrected chi connectivity index (χ4v) is 3.91. The third kappa shape index (κ3) is 5.76. The Labute approximate surface area is 196 Å². The average Bonchev–Trinajstić information content (AvgIpc) is 3.09. The number of esters is 3. The summed E-state index contributed by atoms with van der Waals surface area (Å²) in [5.74, 6) is -3.32. The lowest BCUT2D eigenvalue weighted by atomic mass is 10.1. The Balaban J connectivity index is 2.00. The van der Waals surface area contributed by atoms with Gasteiger partial charge in [0.1, 0.15) is 5.75 Å². The van der Waals surface area contributed by atoms with Crippen LogP contribution in [0.4, 0.5) is 5.13 Å². The van der Waals surface area contributed by atoms with Crippen LogP contribution in [-0.2, 0) is 14.4 Å². The predicted octanol–water partition coefficient (Wildman–Crippen LogP) is 3.99. The first-order valence-corrected chi connectivity index (χ1v) is 10.5. The van der Waals surface area contributed by atoms with Crippen LogP contribution >= 0.6 is 22.9 Å². The molecule has 0 atom stereocenters. The van der Waals surface area contributed by atoms with Crippen LogP contribution in [0.2, 0.25) is 5.02 Å². The maximum Gasteiger partial charge on any atom is 0.308 e. The quantitative estimate of drug-likeness (QED) is 0.401. The molecule has 0 aliphatic rings. The fraction of sp³-hybridized carbons (Fsp3) is 0.190. The number of nitrogens with one attached hydrogen (secondary N) is 1. The zero-order valence-electron chi connectivity index (χ0n) is 17.8. The Morgan fingerprint density at radius 3 is 1.97 bits per heavy atom. The van der Waals surface area contributed by atoms with E-state index in [0.717, 1.165) is 20.8 Å². The van der Waals surface area contributed by atoms with Crippen LogP contribution in [0.25, 0.3) is 10.2 Å². The van der Waals surface area contributed by atoms with Gasteiger partial charge in [-0.15, -0.1) is 0 Å². The summed E-state index contributed by atoms with van der Waals surface area (Å²) >= 11 is 7.30. The van der Waals surface area contributed by atoms with Crippen molar-refractivity contribution in [1.29, 1.82) is 0 Å². The van der Waals surface area contributed by atoms with Gasteiger partial charge in [0.15, 0.2) is 16.6 Å². The average molecular weight is 493 g/mol. The number of thiazole rings is 1. The van der Waals surface area contributed by atoms with Gasteiger partial charge in [0.25, 0.3) is 5.91 Å². The van der Waals surface area contributed by atoms with Gasteiger partial charge in [-0.1, -0.05) is 22.9 Å². The number of fused-ring (bicyclic) bond motifs is 1. The lowest BCUT2D eigenvalue weighted by Crippen LogP contribution is -2.15. The van der Waals surface area contributed by atoms with Gasteiger partial charge in [-0.25, -0.2) is 4.98 Å². The van der Waals surface area contributed by atoms with Crippen molar-refractivity contribution in [3.63, 3.8) is 0 Å². The van der Waals surface area contributed by atoms with Gasteiger partial charge in [0.05, 0.1) is 22.3 Å². The number of hydrogen-bond acceptors (Lipinski definition) is 10. The minimum atomic E-state index is -0.752. The van der Waals surface area contributed by atoms with E-state index in [-0.39, 0.29) is 27.9 Å². The van der Waals surface area contributed by atoms with Crippen molar-refractivity contribution in [2.75, 3.05) is 12.4 Å². The SMILES string of the molecule is COc1cc2nc(NC(=O)c3cc(OC(C)=O)c(OC(C)=O)c(OC(C)=O)c3)sc2cc1Cl. The molecule has 1 amide bonds. The number of carbonyl (C=O) groups excluding carboxylic acids is 4. The molecule has 1 heterocycles. The van der Waals surface area contributed by atoms with E-state index in [4.69, 9.17) is 30.5 Å². The molecule has 0 bridgehead atoms. The molecule has 0 unspecified atom stereocenters. The summed E-state index contributed by atoms with van der Waals surface area (Å²) in [5.41, 5.74) is 0.510. The molecule has 0 saturated carbocycles. The first-order valence-electron chi connectivity index (χ1n) is 9.26. The Morgan fingerprint density at radius 2 is 1.45 bits per heavy atom. The van der Waals surface area contributed by atoms with E-state index in [1.165, 1.54) is 30.6 Å². The maximum atomic E-state index is 12.9. The molecule has 10 nitrogen and oxygen atoms in total. The van der Waals surface area contributed by atoms with Crippen LogP contribution in [-0.4, -0.2) is 35.9 Å². The number of halogens is 1. The Hall–Kier alpha value is -3.70. The second-order valence-electron chi connectivity index (χ2n) is 6.51. The highest BCUT2D eigenvalue weighted by Crippen LogP contribution is 2.40. The molecule has 0 saturated heterocycles. The Bertz CT molecular complexity index is 1250. The van der Waals surface area contributed by atoms with E-state index in [1.54, 1.807) is 12.1 Å². The third-order valence-corrected chi connectivity index (χ3v) is 5.15. The fourth-order valence-electron chi connectivity index (χ4n) is 2.72. The topological polar surface area (TPSA) is 130 Å². The number of rotatable bonds is 6. The second-order valence-corrected chi connectivity index (χ2v) is 7.95. The van der Waals surface area contributed by atoms with E-state index in [0.29, 0.717) is 21.0 Å². The lowest BCUT2D eigenvalue weighted by molar-refractivity contribution is -0.135. The molecule has 172 valence electrons. The highest BCUT2D eigenvalue weighted by atomic mass is 35.5. The summed E-state index contributed by atoms with van der Waals surface area (Å²) in [4.78, 5) is 51.8. The first-order chi connectivity index (χ1) is 15.6. The molecular formula is C21H17ClN2O8S. The molecule has 0 radical (unpaired) electrons.